The molecule has 0 N–H and O–H groups in total. The number of pyridine rings is 1. The molecule has 0 spiro atoms. The molecule has 68 heavy (non-hydrogen) atoms. The van der Waals surface area contributed by atoms with Gasteiger partial charge in [-0.2, -0.15) is 0 Å². The number of aromatic nitrogens is 4. The number of ether oxygens (including phenoxy) is 1. The van der Waals surface area contributed by atoms with Crippen molar-refractivity contribution < 1.29 is 28.2 Å². The van der Waals surface area contributed by atoms with E-state index in [0.29, 0.717) is 22.9 Å². The third kappa shape index (κ3) is 7.20. The van der Waals surface area contributed by atoms with Crippen LogP contribution in [0.2, 0.25) is 0 Å². The summed E-state index contributed by atoms with van der Waals surface area (Å²) < 4.78 is 40.4. The predicted molar refractivity (Wildman–Crippen MR) is 274 cm³/mol. The summed E-state index contributed by atoms with van der Waals surface area (Å²) in [6.07, 6.45) is 4.92. The van der Waals surface area contributed by atoms with Crippen molar-refractivity contribution in [1.82, 2.24) is 18.7 Å². The van der Waals surface area contributed by atoms with Gasteiger partial charge < -0.3 is 0 Å². The van der Waals surface area contributed by atoms with Gasteiger partial charge in [0.2, 0.25) is 0 Å². The molecule has 0 fully saturated rings. The van der Waals surface area contributed by atoms with Gasteiger partial charge in [0.1, 0.15) is 0 Å². The van der Waals surface area contributed by atoms with Crippen molar-refractivity contribution in [3.63, 3.8) is 0 Å². The Morgan fingerprint density at radius 2 is 1.28 bits per heavy atom. The van der Waals surface area contributed by atoms with Crippen LogP contribution in [-0.4, -0.2) is 18.7 Å². The molecule has 1 aliphatic rings. The zero-order valence-corrected chi connectivity index (χ0v) is 40.2. The van der Waals surface area contributed by atoms with E-state index in [1.165, 1.54) is 44.6 Å². The van der Waals surface area contributed by atoms with Crippen molar-refractivity contribution >= 4 is 32.8 Å². The maximum atomic E-state index is 8.67. The number of hydrogen-bond donors (Lipinski definition) is 0. The summed E-state index contributed by atoms with van der Waals surface area (Å²) in [6.45, 7) is 4.10. The summed E-state index contributed by atoms with van der Waals surface area (Å²) in [6, 6.07) is 67.8. The second-order valence-electron chi connectivity index (χ2n) is 18.6. The quantitative estimate of drug-likeness (QED) is 0.142. The Balaban J connectivity index is 0.973. The van der Waals surface area contributed by atoms with Gasteiger partial charge in [0.05, 0.1) is 0 Å². The van der Waals surface area contributed by atoms with Crippen LogP contribution in [0.4, 0.5) is 0 Å². The van der Waals surface area contributed by atoms with Gasteiger partial charge in [-0.15, -0.1) is 0 Å². The summed E-state index contributed by atoms with van der Waals surface area (Å²) in [5.74, 6) is 1.50. The van der Waals surface area contributed by atoms with Crippen LogP contribution < -0.4 is 4.74 Å². The fourth-order valence-corrected chi connectivity index (χ4v) is 11.2. The average molecular weight is 1060 g/mol. The van der Waals surface area contributed by atoms with Crippen LogP contribution in [0.3, 0.4) is 0 Å². The first-order valence-electron chi connectivity index (χ1n) is 24.7. The molecule has 11 aromatic rings. The van der Waals surface area contributed by atoms with Crippen molar-refractivity contribution in [2.45, 2.75) is 52.3 Å². The Bertz CT molecular complexity index is 3920. The summed E-state index contributed by atoms with van der Waals surface area (Å²) in [5.41, 5.74) is 16.2. The zero-order chi connectivity index (χ0) is 48.6. The van der Waals surface area contributed by atoms with E-state index in [2.05, 4.69) is 177 Å². The van der Waals surface area contributed by atoms with Crippen LogP contribution in [0, 0.1) is 22.8 Å². The molecule has 3 aromatic heterocycles. The number of imidazole rings is 1. The van der Waals surface area contributed by atoms with E-state index in [1.54, 1.807) is 12.3 Å². The molecule has 0 bridgehead atoms. The Kier molecular flexibility index (Phi) is 9.55. The van der Waals surface area contributed by atoms with Gasteiger partial charge in [0, 0.05) is 15.9 Å². The molecule has 0 radical (unpaired) electrons. The van der Waals surface area contributed by atoms with E-state index < -0.39 is 6.85 Å². The number of nitrogens with zero attached hydrogens (tertiary/aromatic N) is 4. The van der Waals surface area contributed by atoms with Crippen molar-refractivity contribution in [2.24, 2.45) is 0 Å². The fourth-order valence-electron chi connectivity index (χ4n) is 10.1. The van der Waals surface area contributed by atoms with Gasteiger partial charge in [0.15, 0.2) is 0 Å². The fraction of sp³-hybridized carbons (Fsp3) is 0.129. The van der Waals surface area contributed by atoms with Gasteiger partial charge in [-0.25, -0.2) is 0 Å². The second-order valence-corrected chi connectivity index (χ2v) is 19.6. The molecule has 0 saturated carbocycles. The van der Waals surface area contributed by atoms with E-state index in [9.17, 15) is 0 Å². The third-order valence-electron chi connectivity index (χ3n) is 13.4. The summed E-state index contributed by atoms with van der Waals surface area (Å²) in [5, 5.41) is 1.94. The number of rotatable bonds is 8. The van der Waals surface area contributed by atoms with E-state index in [-0.39, 0.29) is 11.0 Å². The van der Waals surface area contributed by atoms with Crippen molar-refractivity contribution in [2.75, 3.05) is 0 Å². The Labute approximate surface area is 412 Å². The normalized spacial score (nSPS) is 13.5. The summed E-state index contributed by atoms with van der Waals surface area (Å²) >= 11 is 2.49. The first-order chi connectivity index (χ1) is 34.4. The number of fused-ring (bicyclic) bond motifs is 5. The predicted octanol–water partition coefficient (Wildman–Crippen LogP) is 15.5. The molecule has 0 atom stereocenters. The Hall–Kier alpha value is -7.33. The van der Waals surface area contributed by atoms with Gasteiger partial charge >= 0.3 is 312 Å². The Morgan fingerprint density at radius 3 is 2.03 bits per heavy atom. The van der Waals surface area contributed by atoms with E-state index in [0.717, 1.165) is 67.2 Å². The van der Waals surface area contributed by atoms with Crippen LogP contribution >= 0.6 is 0 Å². The minimum Gasteiger partial charge on any atom is -0.0579 e. The molecule has 1 aliphatic carbocycles. The minimum absolute atomic E-state index is 0.0344. The summed E-state index contributed by atoms with van der Waals surface area (Å²) in [7, 11) is 0. The van der Waals surface area contributed by atoms with Crippen molar-refractivity contribution in [3.8, 4) is 62.1 Å². The molecule has 0 unspecified atom stereocenters. The molecular formula is C62H48N4OPt-2. The SMILES string of the molecule is [2H]C([2H])([2H])c1cc(-n2c3[c-]c(Oc4[c-]c(-n5[c](=[Pt])n(-c6c(-c7ccccc7)cc7c(c6-c6ccccc6)CCC7)c6ccccc65)ccc4)ccc3c3ccccc32)ncc1-c1ccc(C(C)(C)C)cc1. The van der Waals surface area contributed by atoms with E-state index in [1.807, 2.05) is 59.2 Å². The molecule has 3 heterocycles. The molecule has 6 heteroatoms. The standard InChI is InChI=1S/C62H48N4O.Pt/c1-41-35-59(63-39-54(41)43-29-31-46(32-30-43)62(2,3)4)66-55-26-12-11-24-51(55)52-34-33-49(38-58(52)66)67-48-23-16-22-47(37-48)64-40-65(57-28-14-13-27-56(57)64)61-53(42-17-7-5-8-18-42)36-45-21-15-25-50(45)60(61)44-19-9-6-10-20-44;/h5-14,16-20,22-24,26-36,39H,15,21,25H2,1-4H3;/q-2;/i1D3;. The first-order valence-corrected chi connectivity index (χ1v) is 24.3. The molecule has 8 aromatic carbocycles. The zero-order valence-electron chi connectivity index (χ0n) is 41.0. The summed E-state index contributed by atoms with van der Waals surface area (Å²) in [4.78, 5) is 4.96. The number of hydrogen-bond acceptors (Lipinski definition) is 2. The monoisotopic (exact) mass is 1060 g/mol. The maximum absolute atomic E-state index is 8.67. The van der Waals surface area contributed by atoms with Gasteiger partial charge in [-0.05, 0) is 29.0 Å². The second kappa shape index (κ2) is 16.8. The van der Waals surface area contributed by atoms with E-state index in [4.69, 9.17) is 13.8 Å². The topological polar surface area (TPSA) is 36.9 Å². The molecule has 0 amide bonds. The average Bonchev–Trinajstić information content (AvgIpc) is 4.07. The van der Waals surface area contributed by atoms with Crippen LogP contribution in [0.15, 0.2) is 182 Å². The molecule has 334 valence electrons. The van der Waals surface area contributed by atoms with Gasteiger partial charge in [0.25, 0.3) is 0 Å². The van der Waals surface area contributed by atoms with E-state index >= 15 is 0 Å². The van der Waals surface area contributed by atoms with Crippen LogP contribution in [-0.2, 0) is 37.6 Å². The smallest absolute Gasteiger partial charge is 0.0579 e. The molecule has 0 saturated heterocycles. The van der Waals surface area contributed by atoms with Crippen LogP contribution in [0.25, 0.3) is 83.4 Å². The molecule has 12 rings (SSSR count). The van der Waals surface area contributed by atoms with Crippen molar-refractivity contribution in [3.05, 3.63) is 220 Å². The molecular weight excluding hydrogens is 1010 g/mol. The number of benzene rings is 8. The van der Waals surface area contributed by atoms with Crippen LogP contribution in [0.1, 0.15) is 53.6 Å². The molecule has 0 aliphatic heterocycles. The van der Waals surface area contributed by atoms with Gasteiger partial charge in [-0.3, -0.25) is 0 Å². The van der Waals surface area contributed by atoms with Crippen LogP contribution in [0.5, 0.6) is 11.5 Å². The first kappa shape index (κ1) is 38.7. The third-order valence-corrected chi connectivity index (χ3v) is 14.4. The van der Waals surface area contributed by atoms with Crippen molar-refractivity contribution in [1.29, 1.82) is 0 Å². The van der Waals surface area contributed by atoms with Gasteiger partial charge in [-0.1, -0.05) is 57.2 Å². The molecule has 5 nitrogen and oxygen atoms in total. The minimum atomic E-state index is -2.40. The number of aryl methyl sites for hydroxylation is 2. The Morgan fingerprint density at radius 1 is 0.603 bits per heavy atom. The number of para-hydroxylation sites is 3.